The van der Waals surface area contributed by atoms with Gasteiger partial charge in [0.25, 0.3) is 0 Å². The molecule has 2 aromatic carbocycles. The van der Waals surface area contributed by atoms with Gasteiger partial charge in [0.2, 0.25) is 0 Å². The maximum absolute atomic E-state index is 11.5. The van der Waals surface area contributed by atoms with Crippen molar-refractivity contribution in [1.29, 1.82) is 0 Å². The zero-order chi connectivity index (χ0) is 20.2. The molecule has 0 saturated heterocycles. The Morgan fingerprint density at radius 3 is 1.78 bits per heavy atom. The van der Waals surface area contributed by atoms with Crippen LogP contribution in [-0.4, -0.2) is 46.6 Å². The van der Waals surface area contributed by atoms with Crippen molar-refractivity contribution in [3.05, 3.63) is 59.7 Å². The average Bonchev–Trinajstić information content (AvgIpc) is 2.57. The van der Waals surface area contributed by atoms with Gasteiger partial charge < -0.3 is 5.11 Å². The summed E-state index contributed by atoms with van der Waals surface area (Å²) in [6.45, 7) is 0. The molecule has 1 unspecified atom stereocenters. The normalized spacial score (nSPS) is 13.6. The highest BCUT2D eigenvalue weighted by Gasteiger charge is 2.15. The predicted octanol–water partition coefficient (Wildman–Crippen LogP) is 2.13. The van der Waals surface area contributed by atoms with E-state index in [9.17, 15) is 21.6 Å². The lowest BCUT2D eigenvalue weighted by Gasteiger charge is -2.11. The number of aliphatic imine (C=N–C) groups is 1. The lowest BCUT2D eigenvalue weighted by molar-refractivity contribution is -0.137. The fourth-order valence-corrected chi connectivity index (χ4v) is 3.60. The second kappa shape index (κ2) is 8.01. The third-order valence-electron chi connectivity index (χ3n) is 3.77. The van der Waals surface area contributed by atoms with Crippen LogP contribution in [0.4, 0.5) is 0 Å². The van der Waals surface area contributed by atoms with Crippen molar-refractivity contribution >= 4 is 31.9 Å². The Labute approximate surface area is 158 Å². The van der Waals surface area contributed by atoms with Crippen LogP contribution < -0.4 is 0 Å². The van der Waals surface area contributed by atoms with Gasteiger partial charge in [-0.3, -0.25) is 9.79 Å². The lowest BCUT2D eigenvalue weighted by atomic mass is 10.0. The minimum absolute atomic E-state index is 0.140. The largest absolute Gasteiger partial charge is 0.481 e. The second-order valence-corrected chi connectivity index (χ2v) is 10.1. The van der Waals surface area contributed by atoms with Crippen molar-refractivity contribution in [1.82, 2.24) is 0 Å². The van der Waals surface area contributed by atoms with E-state index in [-0.39, 0.29) is 16.2 Å². The standard InChI is InChI=1S/C18H19NO6S2/c1-26(22,23)15-7-3-13(4-8-15)12-19-17(11-18(20)21)14-5-9-16(10-6-14)27(2,24)25/h3-10,12,17H,11H2,1-2H3,(H,20,21). The Kier molecular flexibility index (Phi) is 6.17. The van der Waals surface area contributed by atoms with Crippen molar-refractivity contribution in [2.45, 2.75) is 22.3 Å². The van der Waals surface area contributed by atoms with Crippen LogP contribution in [0.3, 0.4) is 0 Å². The number of hydrogen-bond acceptors (Lipinski definition) is 6. The van der Waals surface area contributed by atoms with Gasteiger partial charge >= 0.3 is 5.97 Å². The molecule has 2 rings (SSSR count). The van der Waals surface area contributed by atoms with E-state index in [4.69, 9.17) is 5.11 Å². The van der Waals surface area contributed by atoms with Gasteiger partial charge in [0, 0.05) is 18.7 Å². The number of carbonyl (C=O) groups is 1. The van der Waals surface area contributed by atoms with E-state index in [1.165, 1.54) is 42.6 Å². The highest BCUT2D eigenvalue weighted by molar-refractivity contribution is 7.91. The van der Waals surface area contributed by atoms with Gasteiger partial charge in [0.15, 0.2) is 19.7 Å². The van der Waals surface area contributed by atoms with E-state index in [0.29, 0.717) is 11.1 Å². The zero-order valence-electron chi connectivity index (χ0n) is 14.7. The number of benzene rings is 2. The Balaban J connectivity index is 2.29. The summed E-state index contributed by atoms with van der Waals surface area (Å²) in [5.41, 5.74) is 1.18. The molecule has 0 aromatic heterocycles. The minimum Gasteiger partial charge on any atom is -0.481 e. The molecule has 0 saturated carbocycles. The monoisotopic (exact) mass is 409 g/mol. The summed E-state index contributed by atoms with van der Waals surface area (Å²) < 4.78 is 46.0. The van der Waals surface area contributed by atoms with Gasteiger partial charge in [-0.15, -0.1) is 0 Å². The lowest BCUT2D eigenvalue weighted by Crippen LogP contribution is -2.06. The highest BCUT2D eigenvalue weighted by Crippen LogP contribution is 2.23. The molecule has 0 heterocycles. The number of sulfone groups is 2. The SMILES string of the molecule is CS(=O)(=O)c1ccc(C=NC(CC(=O)O)c2ccc(S(C)(=O)=O)cc2)cc1. The molecule has 27 heavy (non-hydrogen) atoms. The summed E-state index contributed by atoms with van der Waals surface area (Å²) in [6.07, 6.45) is 3.40. The number of rotatable bonds is 7. The van der Waals surface area contributed by atoms with Gasteiger partial charge in [-0.1, -0.05) is 24.3 Å². The Morgan fingerprint density at radius 1 is 0.926 bits per heavy atom. The molecule has 0 fully saturated rings. The first-order valence-corrected chi connectivity index (χ1v) is 11.6. The third kappa shape index (κ3) is 6.00. The number of carboxylic acid groups (broad SMARTS) is 1. The molecule has 0 aliphatic rings. The average molecular weight is 409 g/mol. The van der Waals surface area contributed by atoms with E-state index in [0.717, 1.165) is 12.5 Å². The van der Waals surface area contributed by atoms with E-state index in [1.807, 2.05) is 0 Å². The van der Waals surface area contributed by atoms with Crippen LogP contribution >= 0.6 is 0 Å². The molecule has 0 bridgehead atoms. The molecule has 2 aromatic rings. The first kappa shape index (κ1) is 20.8. The fourth-order valence-electron chi connectivity index (χ4n) is 2.34. The zero-order valence-corrected chi connectivity index (χ0v) is 16.4. The summed E-state index contributed by atoms with van der Waals surface area (Å²) in [7, 11) is -6.64. The number of nitrogens with zero attached hydrogens (tertiary/aromatic N) is 1. The van der Waals surface area contributed by atoms with Crippen molar-refractivity contribution in [2.24, 2.45) is 4.99 Å². The molecular formula is C18H19NO6S2. The Hall–Kier alpha value is -2.52. The number of aliphatic carboxylic acids is 1. The van der Waals surface area contributed by atoms with E-state index >= 15 is 0 Å². The maximum Gasteiger partial charge on any atom is 0.305 e. The third-order valence-corrected chi connectivity index (χ3v) is 6.03. The number of carboxylic acids is 1. The summed E-state index contributed by atoms with van der Waals surface area (Å²) in [5, 5.41) is 9.12. The van der Waals surface area contributed by atoms with Crippen molar-refractivity contribution < 1.29 is 26.7 Å². The summed E-state index contributed by atoms with van der Waals surface area (Å²) >= 11 is 0. The molecule has 7 nitrogen and oxygen atoms in total. The van der Waals surface area contributed by atoms with Crippen LogP contribution in [-0.2, 0) is 24.5 Å². The van der Waals surface area contributed by atoms with E-state index < -0.39 is 31.7 Å². The minimum atomic E-state index is -3.34. The van der Waals surface area contributed by atoms with Crippen LogP contribution in [0.2, 0.25) is 0 Å². The summed E-state index contributed by atoms with van der Waals surface area (Å²) in [5.74, 6) is -1.04. The Morgan fingerprint density at radius 2 is 1.37 bits per heavy atom. The Bertz CT molecular complexity index is 1050. The van der Waals surface area contributed by atoms with Gasteiger partial charge in [-0.05, 0) is 35.4 Å². The molecule has 0 aliphatic carbocycles. The van der Waals surface area contributed by atoms with Crippen molar-refractivity contribution in [3.63, 3.8) is 0 Å². The fraction of sp³-hybridized carbons (Fsp3) is 0.222. The molecule has 0 radical (unpaired) electrons. The smallest absolute Gasteiger partial charge is 0.305 e. The summed E-state index contributed by atoms with van der Waals surface area (Å²) in [4.78, 5) is 15.7. The predicted molar refractivity (Wildman–Crippen MR) is 102 cm³/mol. The molecule has 0 amide bonds. The molecule has 0 spiro atoms. The van der Waals surface area contributed by atoms with E-state index in [1.54, 1.807) is 12.1 Å². The summed E-state index contributed by atoms with van der Waals surface area (Å²) in [6, 6.07) is 11.2. The second-order valence-electron chi connectivity index (χ2n) is 6.07. The van der Waals surface area contributed by atoms with Crippen molar-refractivity contribution in [3.8, 4) is 0 Å². The van der Waals surface area contributed by atoms with Crippen LogP contribution in [0.15, 0.2) is 63.3 Å². The maximum atomic E-state index is 11.5. The highest BCUT2D eigenvalue weighted by atomic mass is 32.2. The van der Waals surface area contributed by atoms with Crippen LogP contribution in [0.5, 0.6) is 0 Å². The quantitative estimate of drug-likeness (QED) is 0.700. The van der Waals surface area contributed by atoms with Crippen LogP contribution in [0, 0.1) is 0 Å². The first-order valence-electron chi connectivity index (χ1n) is 7.82. The van der Waals surface area contributed by atoms with Gasteiger partial charge in [0.05, 0.1) is 22.3 Å². The molecule has 144 valence electrons. The van der Waals surface area contributed by atoms with Gasteiger partial charge in [-0.25, -0.2) is 16.8 Å². The molecule has 1 N–H and O–H groups in total. The van der Waals surface area contributed by atoms with Crippen molar-refractivity contribution in [2.75, 3.05) is 12.5 Å². The molecule has 0 aliphatic heterocycles. The topological polar surface area (TPSA) is 118 Å². The van der Waals surface area contributed by atoms with Crippen LogP contribution in [0.25, 0.3) is 0 Å². The number of hydrogen-bond donors (Lipinski definition) is 1. The van der Waals surface area contributed by atoms with Gasteiger partial charge in [0.1, 0.15) is 0 Å². The van der Waals surface area contributed by atoms with Gasteiger partial charge in [-0.2, -0.15) is 0 Å². The molecular weight excluding hydrogens is 390 g/mol. The first-order chi connectivity index (χ1) is 12.5. The molecule has 9 heteroatoms. The van der Waals surface area contributed by atoms with Crippen LogP contribution in [0.1, 0.15) is 23.6 Å². The molecule has 1 atom stereocenters. The van der Waals surface area contributed by atoms with E-state index in [2.05, 4.69) is 4.99 Å².